The van der Waals surface area contributed by atoms with E-state index in [2.05, 4.69) is 5.43 Å². The molecule has 3 heteroatoms. The van der Waals surface area contributed by atoms with Crippen molar-refractivity contribution in [3.05, 3.63) is 11.8 Å². The number of Topliss-reactive ketones (excluding diaryl/α,β-unsaturated/α-hetero) is 1. The van der Waals surface area contributed by atoms with E-state index in [1.54, 1.807) is 6.20 Å². The molecule has 13 heavy (non-hydrogen) atoms. The third kappa shape index (κ3) is 4.08. The van der Waals surface area contributed by atoms with E-state index < -0.39 is 0 Å². The van der Waals surface area contributed by atoms with Gasteiger partial charge < -0.3 is 5.43 Å². The quantitative estimate of drug-likeness (QED) is 0.397. The van der Waals surface area contributed by atoms with Crippen molar-refractivity contribution in [1.82, 2.24) is 5.43 Å². The van der Waals surface area contributed by atoms with E-state index in [4.69, 9.17) is 5.84 Å². The number of nitrogens with one attached hydrogen (secondary N) is 1. The highest BCUT2D eigenvalue weighted by atomic mass is 16.1. The Morgan fingerprint density at radius 2 is 2.00 bits per heavy atom. The van der Waals surface area contributed by atoms with E-state index in [9.17, 15) is 4.79 Å². The standard InChI is InChI=1S/C10H20N2O/c1-5-6-8(7-12-11)9(13)10(2,3)4/h7,12H,5-6,11H2,1-4H3/b8-7+. The molecular formula is C10H20N2O. The summed E-state index contributed by atoms with van der Waals surface area (Å²) in [7, 11) is 0. The van der Waals surface area contributed by atoms with Gasteiger partial charge in [-0.05, 0) is 6.42 Å². The van der Waals surface area contributed by atoms with E-state index in [1.807, 2.05) is 27.7 Å². The second-order valence-electron chi connectivity index (χ2n) is 4.17. The van der Waals surface area contributed by atoms with Gasteiger partial charge in [0.05, 0.1) is 0 Å². The number of ketones is 1. The Bertz CT molecular complexity index is 201. The maximum atomic E-state index is 11.8. The molecule has 0 atom stereocenters. The number of rotatable bonds is 4. The van der Waals surface area contributed by atoms with Crippen LogP contribution < -0.4 is 11.3 Å². The van der Waals surface area contributed by atoms with Gasteiger partial charge in [0.25, 0.3) is 0 Å². The lowest BCUT2D eigenvalue weighted by molar-refractivity contribution is -0.122. The molecule has 0 aromatic rings. The molecule has 0 radical (unpaired) electrons. The molecule has 76 valence electrons. The molecule has 0 saturated carbocycles. The second kappa shape index (κ2) is 5.02. The molecule has 0 rings (SSSR count). The fourth-order valence-electron chi connectivity index (χ4n) is 1.10. The first-order valence-electron chi connectivity index (χ1n) is 4.63. The van der Waals surface area contributed by atoms with Crippen LogP contribution in [0.25, 0.3) is 0 Å². The van der Waals surface area contributed by atoms with Crippen LogP contribution in [-0.2, 0) is 4.79 Å². The molecule has 0 aliphatic heterocycles. The summed E-state index contributed by atoms with van der Waals surface area (Å²) in [6, 6.07) is 0. The van der Waals surface area contributed by atoms with Gasteiger partial charge in [0.2, 0.25) is 0 Å². The van der Waals surface area contributed by atoms with Gasteiger partial charge in [-0.25, -0.2) is 0 Å². The Hall–Kier alpha value is -0.830. The molecule has 0 spiro atoms. The number of hydrazine groups is 1. The zero-order chi connectivity index (χ0) is 10.5. The largest absolute Gasteiger partial charge is 0.331 e. The van der Waals surface area contributed by atoms with Gasteiger partial charge in [0.15, 0.2) is 5.78 Å². The Labute approximate surface area is 80.4 Å². The minimum Gasteiger partial charge on any atom is -0.331 e. The van der Waals surface area contributed by atoms with E-state index in [0.29, 0.717) is 0 Å². The number of allylic oxidation sites excluding steroid dienone is 1. The lowest BCUT2D eigenvalue weighted by atomic mass is 9.85. The molecule has 0 saturated heterocycles. The summed E-state index contributed by atoms with van der Waals surface area (Å²) in [6.45, 7) is 7.78. The van der Waals surface area contributed by atoms with Gasteiger partial charge in [-0.1, -0.05) is 34.1 Å². The zero-order valence-electron chi connectivity index (χ0n) is 8.98. The van der Waals surface area contributed by atoms with Gasteiger partial charge in [-0.3, -0.25) is 10.6 Å². The number of carbonyl (C=O) groups excluding carboxylic acids is 1. The fraction of sp³-hybridized carbons (Fsp3) is 0.700. The van der Waals surface area contributed by atoms with E-state index in [-0.39, 0.29) is 11.2 Å². The molecule has 0 bridgehead atoms. The van der Waals surface area contributed by atoms with Crippen molar-refractivity contribution in [2.75, 3.05) is 0 Å². The molecule has 0 aliphatic rings. The van der Waals surface area contributed by atoms with Crippen LogP contribution in [0.15, 0.2) is 11.8 Å². The Balaban J connectivity index is 4.57. The first-order valence-corrected chi connectivity index (χ1v) is 4.63. The maximum Gasteiger partial charge on any atom is 0.165 e. The number of carbonyl (C=O) groups is 1. The number of hydrogen-bond donors (Lipinski definition) is 2. The third-order valence-corrected chi connectivity index (χ3v) is 1.75. The molecular weight excluding hydrogens is 164 g/mol. The summed E-state index contributed by atoms with van der Waals surface area (Å²) in [5.74, 6) is 5.32. The van der Waals surface area contributed by atoms with Crippen LogP contribution in [0, 0.1) is 5.41 Å². The van der Waals surface area contributed by atoms with Gasteiger partial charge in [-0.2, -0.15) is 0 Å². The van der Waals surface area contributed by atoms with E-state index in [0.717, 1.165) is 18.4 Å². The van der Waals surface area contributed by atoms with Crippen LogP contribution in [0.2, 0.25) is 0 Å². The molecule has 0 aromatic carbocycles. The van der Waals surface area contributed by atoms with Crippen LogP contribution in [0.5, 0.6) is 0 Å². The van der Waals surface area contributed by atoms with Gasteiger partial charge in [0, 0.05) is 17.2 Å². The highest BCUT2D eigenvalue weighted by Gasteiger charge is 2.24. The Morgan fingerprint density at radius 1 is 1.46 bits per heavy atom. The summed E-state index contributed by atoms with van der Waals surface area (Å²) < 4.78 is 0. The highest BCUT2D eigenvalue weighted by molar-refractivity contribution is 5.98. The predicted octanol–water partition coefficient (Wildman–Crippen LogP) is 1.75. The van der Waals surface area contributed by atoms with Crippen molar-refractivity contribution in [1.29, 1.82) is 0 Å². The normalized spacial score (nSPS) is 12.8. The fourth-order valence-corrected chi connectivity index (χ4v) is 1.10. The molecule has 0 unspecified atom stereocenters. The Kier molecular flexibility index (Phi) is 4.70. The SMILES string of the molecule is CCC/C(=C\NN)C(=O)C(C)(C)C. The van der Waals surface area contributed by atoms with Gasteiger partial charge >= 0.3 is 0 Å². The van der Waals surface area contributed by atoms with Gasteiger partial charge in [-0.15, -0.1) is 0 Å². The Morgan fingerprint density at radius 3 is 2.31 bits per heavy atom. The lowest BCUT2D eigenvalue weighted by Crippen LogP contribution is -2.25. The molecule has 0 fully saturated rings. The van der Waals surface area contributed by atoms with Crippen LogP contribution in [0.4, 0.5) is 0 Å². The number of nitrogens with two attached hydrogens (primary N) is 1. The van der Waals surface area contributed by atoms with Gasteiger partial charge in [0.1, 0.15) is 0 Å². The molecule has 0 aromatic heterocycles. The van der Waals surface area contributed by atoms with Crippen molar-refractivity contribution < 1.29 is 4.79 Å². The summed E-state index contributed by atoms with van der Waals surface area (Å²) >= 11 is 0. The van der Waals surface area contributed by atoms with E-state index in [1.165, 1.54) is 0 Å². The molecule has 0 heterocycles. The minimum atomic E-state index is -0.322. The molecule has 3 nitrogen and oxygen atoms in total. The first-order chi connectivity index (χ1) is 5.93. The monoisotopic (exact) mass is 184 g/mol. The lowest BCUT2D eigenvalue weighted by Gasteiger charge is -2.18. The second-order valence-corrected chi connectivity index (χ2v) is 4.17. The average Bonchev–Trinajstić information content (AvgIpc) is 2.01. The van der Waals surface area contributed by atoms with Crippen LogP contribution in [-0.4, -0.2) is 5.78 Å². The predicted molar refractivity (Wildman–Crippen MR) is 54.8 cm³/mol. The first kappa shape index (κ1) is 12.2. The summed E-state index contributed by atoms with van der Waals surface area (Å²) in [5, 5.41) is 0. The summed E-state index contributed by atoms with van der Waals surface area (Å²) in [6.07, 6.45) is 3.33. The van der Waals surface area contributed by atoms with Crippen LogP contribution in [0.1, 0.15) is 40.5 Å². The topological polar surface area (TPSA) is 55.1 Å². The van der Waals surface area contributed by atoms with Crippen molar-refractivity contribution in [3.63, 3.8) is 0 Å². The van der Waals surface area contributed by atoms with Crippen LogP contribution in [0.3, 0.4) is 0 Å². The maximum absolute atomic E-state index is 11.8. The number of hydrogen-bond acceptors (Lipinski definition) is 3. The average molecular weight is 184 g/mol. The zero-order valence-corrected chi connectivity index (χ0v) is 8.98. The van der Waals surface area contributed by atoms with Crippen molar-refractivity contribution in [2.45, 2.75) is 40.5 Å². The van der Waals surface area contributed by atoms with Crippen molar-refractivity contribution in [2.24, 2.45) is 11.3 Å². The van der Waals surface area contributed by atoms with Crippen molar-refractivity contribution >= 4 is 5.78 Å². The highest BCUT2D eigenvalue weighted by Crippen LogP contribution is 2.21. The third-order valence-electron chi connectivity index (χ3n) is 1.75. The van der Waals surface area contributed by atoms with Crippen molar-refractivity contribution in [3.8, 4) is 0 Å². The molecule has 0 amide bonds. The summed E-state index contributed by atoms with van der Waals surface area (Å²) in [4.78, 5) is 11.8. The van der Waals surface area contributed by atoms with E-state index >= 15 is 0 Å². The minimum absolute atomic E-state index is 0.160. The summed E-state index contributed by atoms with van der Waals surface area (Å²) in [5.41, 5.74) is 2.88. The molecule has 3 N–H and O–H groups in total. The smallest absolute Gasteiger partial charge is 0.165 e. The van der Waals surface area contributed by atoms with Crippen LogP contribution >= 0.6 is 0 Å². The molecule has 0 aliphatic carbocycles.